The van der Waals surface area contributed by atoms with Gasteiger partial charge in [0, 0.05) is 18.0 Å². The average molecular weight is 253 g/mol. The van der Waals surface area contributed by atoms with Crippen LogP contribution in [0.4, 0.5) is 0 Å². The van der Waals surface area contributed by atoms with Gasteiger partial charge in [0.25, 0.3) is 5.08 Å². The lowest BCUT2D eigenvalue weighted by atomic mass is 10.3. The summed E-state index contributed by atoms with van der Waals surface area (Å²) in [6.45, 7) is 0. The Labute approximate surface area is 86.1 Å². The van der Waals surface area contributed by atoms with Gasteiger partial charge in [-0.1, -0.05) is 6.07 Å². The van der Waals surface area contributed by atoms with Gasteiger partial charge in [-0.3, -0.25) is 9.55 Å². The fourth-order valence-corrected chi connectivity index (χ4v) is 2.73. The summed E-state index contributed by atoms with van der Waals surface area (Å²) in [6.07, 6.45) is 2.28. The second kappa shape index (κ2) is 4.23. The van der Waals surface area contributed by atoms with Crippen molar-refractivity contribution in [3.8, 4) is 0 Å². The maximum absolute atomic E-state index is 11.0. The van der Waals surface area contributed by atoms with Crippen LogP contribution in [0.2, 0.25) is 0 Å². The van der Waals surface area contributed by atoms with Gasteiger partial charge in [0.05, 0.1) is 0 Å². The molecule has 1 heterocycles. The molecule has 84 valence electrons. The van der Waals surface area contributed by atoms with Crippen LogP contribution in [0.5, 0.6) is 0 Å². The molecule has 0 aliphatic carbocycles. The number of pyridine rings is 1. The summed E-state index contributed by atoms with van der Waals surface area (Å²) < 4.78 is 11.0. The summed E-state index contributed by atoms with van der Waals surface area (Å²) in [5.41, 5.74) is -0.338. The van der Waals surface area contributed by atoms with Gasteiger partial charge >= 0.3 is 7.60 Å². The van der Waals surface area contributed by atoms with Crippen molar-refractivity contribution in [2.75, 3.05) is 0 Å². The molecule has 0 aliphatic heterocycles. The van der Waals surface area contributed by atoms with Crippen molar-refractivity contribution in [1.82, 2.24) is 4.98 Å². The van der Waals surface area contributed by atoms with Crippen LogP contribution < -0.4 is 0 Å². The normalized spacial score (nSPS) is 16.4. The van der Waals surface area contributed by atoms with E-state index in [1.165, 1.54) is 12.3 Å². The molecule has 1 aromatic rings. The predicted molar refractivity (Wildman–Crippen MR) is 51.5 cm³/mol. The lowest BCUT2D eigenvalue weighted by Crippen LogP contribution is -2.23. The van der Waals surface area contributed by atoms with Gasteiger partial charge in [0.1, 0.15) is 0 Å². The summed E-state index contributed by atoms with van der Waals surface area (Å²) >= 11 is 0. The fourth-order valence-electron chi connectivity index (χ4n) is 0.961. The van der Waals surface area contributed by atoms with Gasteiger partial charge in [0.15, 0.2) is 0 Å². The molecule has 0 aromatic carbocycles. The first-order valence-electron chi connectivity index (χ1n) is 3.66. The van der Waals surface area contributed by atoms with Crippen LogP contribution >= 0.6 is 16.0 Å². The topological polar surface area (TPSA) is 131 Å². The second-order valence-corrected chi connectivity index (χ2v) is 6.02. The van der Waals surface area contributed by atoms with Crippen LogP contribution in [-0.4, -0.2) is 29.7 Å². The van der Waals surface area contributed by atoms with Crippen LogP contribution in [0.1, 0.15) is 5.56 Å². The zero-order valence-corrected chi connectivity index (χ0v) is 9.08. The van der Waals surface area contributed by atoms with E-state index in [0.29, 0.717) is 0 Å². The summed E-state index contributed by atoms with van der Waals surface area (Å²) in [5, 5.41) is 6.63. The first-order valence-corrected chi connectivity index (χ1v) is 6.52. The largest absolute Gasteiger partial charge is 0.370 e. The number of rotatable bonds is 3. The van der Waals surface area contributed by atoms with E-state index in [-0.39, 0.29) is 5.56 Å². The SMILES string of the molecule is O=P(O)(O)C(O)(c1cccnc1)P(O)O. The van der Waals surface area contributed by atoms with Crippen LogP contribution in [0.15, 0.2) is 24.5 Å². The van der Waals surface area contributed by atoms with Gasteiger partial charge in [-0.2, -0.15) is 0 Å². The van der Waals surface area contributed by atoms with E-state index < -0.39 is 21.1 Å². The molecule has 0 amide bonds. The van der Waals surface area contributed by atoms with Gasteiger partial charge < -0.3 is 24.7 Å². The summed E-state index contributed by atoms with van der Waals surface area (Å²) in [5.74, 6) is 0. The van der Waals surface area contributed by atoms with Crippen LogP contribution in [0.25, 0.3) is 0 Å². The summed E-state index contributed by atoms with van der Waals surface area (Å²) in [6, 6.07) is 2.46. The Kier molecular flexibility index (Phi) is 3.58. The lowest BCUT2D eigenvalue weighted by Gasteiger charge is -2.28. The Hall–Kier alpha value is -0.390. The molecule has 15 heavy (non-hydrogen) atoms. The highest BCUT2D eigenvalue weighted by molar-refractivity contribution is 7.68. The van der Waals surface area contributed by atoms with E-state index in [2.05, 4.69) is 4.98 Å². The monoisotopic (exact) mass is 253 g/mol. The Morgan fingerprint density at radius 3 is 2.33 bits per heavy atom. The Balaban J connectivity index is 3.33. The minimum absolute atomic E-state index is 0.338. The van der Waals surface area contributed by atoms with E-state index in [1.54, 1.807) is 0 Å². The van der Waals surface area contributed by atoms with Crippen molar-refractivity contribution in [3.05, 3.63) is 30.1 Å². The van der Waals surface area contributed by atoms with Crippen LogP contribution in [0.3, 0.4) is 0 Å². The second-order valence-electron chi connectivity index (χ2n) is 2.71. The third-order valence-corrected chi connectivity index (χ3v) is 4.94. The summed E-state index contributed by atoms with van der Waals surface area (Å²) in [4.78, 5) is 39.1. The zero-order valence-electron chi connectivity index (χ0n) is 7.30. The minimum Gasteiger partial charge on any atom is -0.366 e. The fraction of sp³-hybridized carbons (Fsp3) is 0.167. The Bertz CT molecular complexity index is 378. The number of aromatic nitrogens is 1. The third kappa shape index (κ3) is 2.24. The molecule has 0 spiro atoms. The molecule has 0 saturated heterocycles. The van der Waals surface area contributed by atoms with E-state index >= 15 is 0 Å². The molecule has 0 radical (unpaired) electrons. The van der Waals surface area contributed by atoms with Gasteiger partial charge in [-0.15, -0.1) is 0 Å². The van der Waals surface area contributed by atoms with Crippen molar-refractivity contribution in [1.29, 1.82) is 0 Å². The van der Waals surface area contributed by atoms with E-state index in [9.17, 15) is 9.67 Å². The molecule has 0 bridgehead atoms. The molecule has 0 fully saturated rings. The minimum atomic E-state index is -5.12. The number of aliphatic hydroxyl groups is 1. The molecular weight excluding hydrogens is 244 g/mol. The van der Waals surface area contributed by atoms with Gasteiger partial charge in [0.2, 0.25) is 8.38 Å². The van der Waals surface area contributed by atoms with Gasteiger partial charge in [-0.05, 0) is 6.07 Å². The molecule has 7 nitrogen and oxygen atoms in total. The highest BCUT2D eigenvalue weighted by atomic mass is 31.2. The third-order valence-electron chi connectivity index (χ3n) is 1.73. The van der Waals surface area contributed by atoms with Crippen molar-refractivity contribution < 1.29 is 29.2 Å². The van der Waals surface area contributed by atoms with Crippen molar-refractivity contribution in [3.63, 3.8) is 0 Å². The van der Waals surface area contributed by atoms with Crippen LogP contribution in [0, 0.1) is 0 Å². The average Bonchev–Trinajstić information content (AvgIpc) is 2.16. The van der Waals surface area contributed by atoms with Crippen LogP contribution in [-0.2, 0) is 9.65 Å². The molecule has 9 heteroatoms. The van der Waals surface area contributed by atoms with E-state index in [4.69, 9.17) is 19.6 Å². The first kappa shape index (κ1) is 12.7. The molecule has 1 aromatic heterocycles. The molecule has 1 rings (SSSR count). The zero-order chi connectivity index (χ0) is 11.7. The quantitative estimate of drug-likeness (QED) is 0.465. The lowest BCUT2D eigenvalue weighted by molar-refractivity contribution is 0.147. The maximum atomic E-state index is 11.0. The molecule has 0 saturated carbocycles. The summed E-state index contributed by atoms with van der Waals surface area (Å²) in [7, 11) is -8.38. The number of hydrogen-bond acceptors (Lipinski definition) is 5. The Morgan fingerprint density at radius 2 is 2.00 bits per heavy atom. The van der Waals surface area contributed by atoms with Crippen molar-refractivity contribution in [2.24, 2.45) is 0 Å². The number of hydrogen-bond donors (Lipinski definition) is 5. The number of nitrogens with zero attached hydrogens (tertiary/aromatic N) is 1. The molecule has 5 N–H and O–H groups in total. The van der Waals surface area contributed by atoms with E-state index in [0.717, 1.165) is 12.3 Å². The predicted octanol–water partition coefficient (Wildman–Crippen LogP) is -0.342. The highest BCUT2D eigenvalue weighted by Gasteiger charge is 2.54. The first-order chi connectivity index (χ1) is 6.80. The standard InChI is InChI=1S/C6H9NO6P2/c8-6(14(9)10,15(11,12)13)5-2-1-3-7-4-5/h1-4,8-10H,(H2,11,12,13). The van der Waals surface area contributed by atoms with E-state index in [1.807, 2.05) is 0 Å². The molecular formula is C6H9NO6P2. The smallest absolute Gasteiger partial charge is 0.366 e. The van der Waals surface area contributed by atoms with Crippen molar-refractivity contribution in [2.45, 2.75) is 5.08 Å². The van der Waals surface area contributed by atoms with Crippen molar-refractivity contribution >= 4 is 16.0 Å². The van der Waals surface area contributed by atoms with Gasteiger partial charge in [-0.25, -0.2) is 0 Å². The molecule has 1 atom stereocenters. The maximum Gasteiger partial charge on any atom is 0.370 e. The highest BCUT2D eigenvalue weighted by Crippen LogP contribution is 2.68. The molecule has 1 unspecified atom stereocenters. The Morgan fingerprint density at radius 1 is 1.40 bits per heavy atom. The molecule has 0 aliphatic rings.